The highest BCUT2D eigenvalue weighted by molar-refractivity contribution is 6.31. The molecule has 3 rings (SSSR count). The van der Waals surface area contributed by atoms with Crippen LogP contribution in [-0.4, -0.2) is 37.6 Å². The Balaban J connectivity index is 1.75. The molecule has 1 saturated heterocycles. The molecule has 0 aliphatic carbocycles. The monoisotopic (exact) mass is 376 g/mol. The Morgan fingerprint density at radius 1 is 1.23 bits per heavy atom. The summed E-state index contributed by atoms with van der Waals surface area (Å²) in [5.74, 6) is -0.240. The highest BCUT2D eigenvalue weighted by atomic mass is 35.5. The molecule has 1 atom stereocenters. The number of methoxy groups -OCH3 is 1. The summed E-state index contributed by atoms with van der Waals surface area (Å²) in [5.41, 5.74) is 1.06. The molecule has 138 valence electrons. The van der Waals surface area contributed by atoms with Gasteiger partial charge in [-0.25, -0.2) is 4.39 Å². The fraction of sp³-hybridized carbons (Fsp3) is 0.350. The van der Waals surface area contributed by atoms with E-state index < -0.39 is 11.7 Å². The van der Waals surface area contributed by atoms with Gasteiger partial charge in [0.1, 0.15) is 11.6 Å². The maximum atomic E-state index is 13.9. The predicted molar refractivity (Wildman–Crippen MR) is 100 cm³/mol. The van der Waals surface area contributed by atoms with Crippen molar-refractivity contribution in [3.05, 3.63) is 64.4 Å². The molecule has 2 aromatic rings. The van der Waals surface area contributed by atoms with E-state index in [4.69, 9.17) is 16.3 Å². The van der Waals surface area contributed by atoms with Crippen LogP contribution >= 0.6 is 11.6 Å². The van der Waals surface area contributed by atoms with Crippen LogP contribution in [0.4, 0.5) is 4.39 Å². The van der Waals surface area contributed by atoms with Gasteiger partial charge in [0.2, 0.25) is 0 Å². The number of likely N-dealkylation sites (tertiary alicyclic amines) is 1. The molecular formula is C20H22ClFN2O2. The molecule has 0 radical (unpaired) electrons. The fourth-order valence-electron chi connectivity index (χ4n) is 3.29. The number of halogens is 2. The van der Waals surface area contributed by atoms with Gasteiger partial charge in [-0.15, -0.1) is 0 Å². The Morgan fingerprint density at radius 2 is 1.92 bits per heavy atom. The van der Waals surface area contributed by atoms with E-state index in [-0.39, 0.29) is 11.6 Å². The molecule has 1 aliphatic heterocycles. The minimum absolute atomic E-state index is 0.0348. The van der Waals surface area contributed by atoms with Gasteiger partial charge in [-0.2, -0.15) is 0 Å². The van der Waals surface area contributed by atoms with Crippen LogP contribution in [-0.2, 0) is 0 Å². The normalized spacial score (nSPS) is 15.7. The largest absolute Gasteiger partial charge is 0.497 e. The summed E-state index contributed by atoms with van der Waals surface area (Å²) < 4.78 is 19.1. The summed E-state index contributed by atoms with van der Waals surface area (Å²) in [6.45, 7) is 2.37. The molecule has 1 amide bonds. The van der Waals surface area contributed by atoms with Gasteiger partial charge in [0.25, 0.3) is 5.91 Å². The zero-order valence-corrected chi connectivity index (χ0v) is 15.4. The molecule has 26 heavy (non-hydrogen) atoms. The third kappa shape index (κ3) is 4.34. The topological polar surface area (TPSA) is 41.6 Å². The van der Waals surface area contributed by atoms with Crippen molar-refractivity contribution in [2.24, 2.45) is 0 Å². The minimum Gasteiger partial charge on any atom is -0.497 e. The number of carbonyl (C=O) groups is 1. The van der Waals surface area contributed by atoms with Crippen molar-refractivity contribution < 1.29 is 13.9 Å². The average Bonchev–Trinajstić information content (AvgIpc) is 3.18. The molecule has 2 aromatic carbocycles. The highest BCUT2D eigenvalue weighted by Crippen LogP contribution is 2.26. The average molecular weight is 377 g/mol. The summed E-state index contributed by atoms with van der Waals surface area (Å²) in [7, 11) is 1.63. The summed E-state index contributed by atoms with van der Waals surface area (Å²) in [6.07, 6.45) is 2.28. The molecule has 4 nitrogen and oxygen atoms in total. The van der Waals surface area contributed by atoms with Crippen LogP contribution in [0.2, 0.25) is 5.02 Å². The summed E-state index contributed by atoms with van der Waals surface area (Å²) in [5, 5.41) is 3.20. The van der Waals surface area contributed by atoms with E-state index in [0.717, 1.165) is 37.2 Å². The van der Waals surface area contributed by atoms with Gasteiger partial charge in [0.05, 0.1) is 18.7 Å². The van der Waals surface area contributed by atoms with Crippen LogP contribution in [0.1, 0.15) is 34.8 Å². The Kier molecular flexibility index (Phi) is 6.12. The van der Waals surface area contributed by atoms with Crippen molar-refractivity contribution in [2.45, 2.75) is 18.9 Å². The van der Waals surface area contributed by atoms with Crippen molar-refractivity contribution >= 4 is 17.5 Å². The van der Waals surface area contributed by atoms with E-state index in [1.807, 2.05) is 24.3 Å². The van der Waals surface area contributed by atoms with E-state index >= 15 is 0 Å². The Morgan fingerprint density at radius 3 is 2.58 bits per heavy atom. The van der Waals surface area contributed by atoms with E-state index in [2.05, 4.69) is 10.2 Å². The number of benzene rings is 2. The second kappa shape index (κ2) is 8.52. The maximum Gasteiger partial charge on any atom is 0.254 e. The van der Waals surface area contributed by atoms with Crippen molar-refractivity contribution in [3.63, 3.8) is 0 Å². The molecule has 1 fully saturated rings. The first-order valence-electron chi connectivity index (χ1n) is 8.69. The van der Waals surface area contributed by atoms with Gasteiger partial charge >= 0.3 is 0 Å². The van der Waals surface area contributed by atoms with Gasteiger partial charge in [-0.05, 0) is 61.8 Å². The number of amides is 1. The third-order valence-corrected chi connectivity index (χ3v) is 4.95. The molecule has 1 aliphatic rings. The fourth-order valence-corrected chi connectivity index (χ4v) is 3.47. The molecule has 1 N–H and O–H groups in total. The number of hydrogen-bond donors (Lipinski definition) is 1. The van der Waals surface area contributed by atoms with E-state index in [1.165, 1.54) is 18.2 Å². The van der Waals surface area contributed by atoms with Crippen LogP contribution in [0.25, 0.3) is 0 Å². The lowest BCUT2D eigenvalue weighted by Crippen LogP contribution is -2.37. The third-order valence-electron chi connectivity index (χ3n) is 4.71. The number of nitrogens with zero attached hydrogens (tertiary/aromatic N) is 1. The van der Waals surface area contributed by atoms with E-state index in [1.54, 1.807) is 7.11 Å². The van der Waals surface area contributed by atoms with Gasteiger partial charge in [-0.1, -0.05) is 23.7 Å². The lowest BCUT2D eigenvalue weighted by molar-refractivity contribution is 0.0934. The second-order valence-electron chi connectivity index (χ2n) is 6.37. The van der Waals surface area contributed by atoms with Gasteiger partial charge in [0, 0.05) is 11.6 Å². The highest BCUT2D eigenvalue weighted by Gasteiger charge is 2.24. The Hall–Kier alpha value is -2.11. The molecule has 6 heteroatoms. The minimum atomic E-state index is -0.575. The van der Waals surface area contributed by atoms with Gasteiger partial charge < -0.3 is 10.1 Å². The molecule has 0 aromatic heterocycles. The standard InChI is InChI=1S/C20H22ClFN2O2/c1-26-16-7-4-14(5-8-16)19(24-10-2-3-11-24)13-23-20(25)17-12-15(21)6-9-18(17)22/h4-9,12,19H,2-3,10-11,13H2,1H3,(H,23,25). The first-order chi connectivity index (χ1) is 12.6. The van der Waals surface area contributed by atoms with E-state index in [9.17, 15) is 9.18 Å². The predicted octanol–water partition coefficient (Wildman–Crippen LogP) is 4.05. The van der Waals surface area contributed by atoms with Crippen molar-refractivity contribution in [2.75, 3.05) is 26.7 Å². The molecule has 0 spiro atoms. The van der Waals surface area contributed by atoms with Crippen LogP contribution in [0.5, 0.6) is 5.75 Å². The number of rotatable bonds is 6. The lowest BCUT2D eigenvalue weighted by atomic mass is 10.0. The molecule has 0 saturated carbocycles. The summed E-state index contributed by atoms with van der Waals surface area (Å²) in [6, 6.07) is 11.9. The van der Waals surface area contributed by atoms with Crippen molar-refractivity contribution in [1.29, 1.82) is 0 Å². The molecule has 0 bridgehead atoms. The summed E-state index contributed by atoms with van der Waals surface area (Å²) in [4.78, 5) is 14.8. The van der Waals surface area contributed by atoms with Crippen LogP contribution < -0.4 is 10.1 Å². The van der Waals surface area contributed by atoms with Crippen LogP contribution in [0.3, 0.4) is 0 Å². The molecular weight excluding hydrogens is 355 g/mol. The van der Waals surface area contributed by atoms with Crippen molar-refractivity contribution in [3.8, 4) is 5.75 Å². The van der Waals surface area contributed by atoms with Gasteiger partial charge in [-0.3, -0.25) is 9.69 Å². The zero-order valence-electron chi connectivity index (χ0n) is 14.7. The number of nitrogens with one attached hydrogen (secondary N) is 1. The zero-order chi connectivity index (χ0) is 18.5. The SMILES string of the molecule is COc1ccc(C(CNC(=O)c2cc(Cl)ccc2F)N2CCCC2)cc1. The summed E-state index contributed by atoms with van der Waals surface area (Å²) >= 11 is 5.88. The Labute approximate surface area is 157 Å². The maximum absolute atomic E-state index is 13.9. The second-order valence-corrected chi connectivity index (χ2v) is 6.80. The number of carbonyl (C=O) groups excluding carboxylic acids is 1. The molecule has 1 unspecified atom stereocenters. The van der Waals surface area contributed by atoms with Gasteiger partial charge in [0.15, 0.2) is 0 Å². The van der Waals surface area contributed by atoms with Crippen LogP contribution in [0, 0.1) is 5.82 Å². The first-order valence-corrected chi connectivity index (χ1v) is 9.07. The van der Waals surface area contributed by atoms with Crippen molar-refractivity contribution in [1.82, 2.24) is 10.2 Å². The first kappa shape index (κ1) is 18.7. The van der Waals surface area contributed by atoms with E-state index in [0.29, 0.717) is 11.6 Å². The lowest BCUT2D eigenvalue weighted by Gasteiger charge is -2.28. The molecule has 1 heterocycles. The quantitative estimate of drug-likeness (QED) is 0.826. The van der Waals surface area contributed by atoms with Crippen LogP contribution in [0.15, 0.2) is 42.5 Å². The number of ether oxygens (including phenoxy) is 1. The number of hydrogen-bond acceptors (Lipinski definition) is 3. The Bertz CT molecular complexity index is 761. The smallest absolute Gasteiger partial charge is 0.254 e.